The number of benzene rings is 2. The predicted octanol–water partition coefficient (Wildman–Crippen LogP) is 5.44. The van der Waals surface area contributed by atoms with Crippen molar-refractivity contribution in [3.05, 3.63) is 57.5 Å². The smallest absolute Gasteiger partial charge is 0.265 e. The molecule has 3 nitrogen and oxygen atoms in total. The number of anilines is 1. The Morgan fingerprint density at radius 3 is 2.18 bits per heavy atom. The molecule has 1 N–H and O–H groups in total. The molecule has 2 rings (SSSR count). The number of rotatable bonds is 5. The second-order valence-corrected chi connectivity index (χ2v) is 5.93. The van der Waals surface area contributed by atoms with Crippen molar-refractivity contribution >= 4 is 46.4 Å². The molecule has 0 bridgehead atoms. The first kappa shape index (κ1) is 16.9. The first-order valence-corrected chi connectivity index (χ1v) is 7.80. The van der Waals surface area contributed by atoms with Crippen molar-refractivity contribution in [2.24, 2.45) is 0 Å². The molecule has 0 radical (unpaired) electrons. The van der Waals surface area contributed by atoms with E-state index in [4.69, 9.17) is 39.5 Å². The zero-order chi connectivity index (χ0) is 16.1. The van der Waals surface area contributed by atoms with Gasteiger partial charge in [0, 0.05) is 20.8 Å². The normalized spacial score (nSPS) is 11.8. The van der Waals surface area contributed by atoms with Gasteiger partial charge in [0.15, 0.2) is 6.10 Å². The molecular formula is C16H14Cl3NO2. The van der Waals surface area contributed by atoms with Crippen LogP contribution in [-0.2, 0) is 4.79 Å². The first-order valence-electron chi connectivity index (χ1n) is 6.67. The molecule has 0 aliphatic rings. The Hall–Kier alpha value is -1.42. The van der Waals surface area contributed by atoms with Gasteiger partial charge in [-0.2, -0.15) is 0 Å². The Morgan fingerprint density at radius 2 is 1.64 bits per heavy atom. The predicted molar refractivity (Wildman–Crippen MR) is 91.3 cm³/mol. The van der Waals surface area contributed by atoms with Crippen LogP contribution in [0.15, 0.2) is 42.5 Å². The Labute approximate surface area is 144 Å². The molecule has 6 heteroatoms. The van der Waals surface area contributed by atoms with Crippen LogP contribution >= 0.6 is 34.8 Å². The van der Waals surface area contributed by atoms with Gasteiger partial charge in [0.1, 0.15) is 5.75 Å². The highest BCUT2D eigenvalue weighted by atomic mass is 35.5. The van der Waals surface area contributed by atoms with E-state index in [2.05, 4.69) is 5.32 Å². The van der Waals surface area contributed by atoms with Crippen molar-refractivity contribution in [1.82, 2.24) is 0 Å². The Balaban J connectivity index is 2.06. The fraction of sp³-hybridized carbons (Fsp3) is 0.188. The SMILES string of the molecule is CC[C@H](Oc1ccc(Cl)cc1)C(=O)Nc1cc(Cl)cc(Cl)c1. The molecule has 2 aromatic rings. The minimum absolute atomic E-state index is 0.268. The summed E-state index contributed by atoms with van der Waals surface area (Å²) in [6, 6.07) is 11.7. The maximum atomic E-state index is 12.3. The van der Waals surface area contributed by atoms with Crippen LogP contribution in [0.4, 0.5) is 5.69 Å². The number of ether oxygens (including phenoxy) is 1. The topological polar surface area (TPSA) is 38.3 Å². The summed E-state index contributed by atoms with van der Waals surface area (Å²) in [6.07, 6.45) is -0.109. The largest absolute Gasteiger partial charge is 0.481 e. The summed E-state index contributed by atoms with van der Waals surface area (Å²) in [4.78, 5) is 12.3. The number of hydrogen-bond acceptors (Lipinski definition) is 2. The van der Waals surface area contributed by atoms with Gasteiger partial charge < -0.3 is 10.1 Å². The van der Waals surface area contributed by atoms with Crippen molar-refractivity contribution in [2.75, 3.05) is 5.32 Å². The van der Waals surface area contributed by atoms with Crippen molar-refractivity contribution in [3.63, 3.8) is 0 Å². The van der Waals surface area contributed by atoms with E-state index in [1.54, 1.807) is 42.5 Å². The molecule has 0 fully saturated rings. The van der Waals surface area contributed by atoms with Crippen LogP contribution in [0.25, 0.3) is 0 Å². The van der Waals surface area contributed by atoms with Gasteiger partial charge in [0.25, 0.3) is 5.91 Å². The summed E-state index contributed by atoms with van der Waals surface area (Å²) in [5, 5.41) is 4.26. The number of carbonyl (C=O) groups is 1. The number of carbonyl (C=O) groups excluding carboxylic acids is 1. The number of amides is 1. The highest BCUT2D eigenvalue weighted by Gasteiger charge is 2.18. The summed E-state index contributed by atoms with van der Waals surface area (Å²) in [5.41, 5.74) is 0.528. The number of hydrogen-bond donors (Lipinski definition) is 1. The lowest BCUT2D eigenvalue weighted by Crippen LogP contribution is -2.32. The van der Waals surface area contributed by atoms with Crippen LogP contribution in [0, 0.1) is 0 Å². The van der Waals surface area contributed by atoms with Crippen LogP contribution in [-0.4, -0.2) is 12.0 Å². The molecule has 116 valence electrons. The van der Waals surface area contributed by atoms with E-state index in [1.807, 2.05) is 6.92 Å². The standard InChI is InChI=1S/C16H14Cl3NO2/c1-2-15(22-14-5-3-10(17)4-6-14)16(21)20-13-8-11(18)7-12(19)9-13/h3-9,15H,2H2,1H3,(H,20,21)/t15-/m0/s1. The molecule has 2 aromatic carbocycles. The Morgan fingerprint density at radius 1 is 1.05 bits per heavy atom. The summed E-state index contributed by atoms with van der Waals surface area (Å²) < 4.78 is 5.68. The molecule has 0 heterocycles. The average molecular weight is 359 g/mol. The Kier molecular flexibility index (Phi) is 5.95. The van der Waals surface area contributed by atoms with Crippen molar-refractivity contribution in [1.29, 1.82) is 0 Å². The van der Waals surface area contributed by atoms with E-state index in [0.717, 1.165) is 0 Å². The van der Waals surface area contributed by atoms with Crippen molar-refractivity contribution in [3.8, 4) is 5.75 Å². The molecule has 0 unspecified atom stereocenters. The fourth-order valence-corrected chi connectivity index (χ4v) is 2.50. The van der Waals surface area contributed by atoms with E-state index < -0.39 is 6.10 Å². The maximum Gasteiger partial charge on any atom is 0.265 e. The van der Waals surface area contributed by atoms with Gasteiger partial charge in [-0.1, -0.05) is 41.7 Å². The molecule has 1 amide bonds. The maximum absolute atomic E-state index is 12.3. The van der Waals surface area contributed by atoms with E-state index in [1.165, 1.54) is 0 Å². The molecule has 0 aliphatic heterocycles. The van der Waals surface area contributed by atoms with E-state index in [-0.39, 0.29) is 5.91 Å². The molecule has 0 aliphatic carbocycles. The zero-order valence-corrected chi connectivity index (χ0v) is 14.0. The minimum Gasteiger partial charge on any atom is -0.481 e. The minimum atomic E-state index is -0.626. The van der Waals surface area contributed by atoms with Crippen LogP contribution in [0.3, 0.4) is 0 Å². The number of nitrogens with one attached hydrogen (secondary N) is 1. The lowest BCUT2D eigenvalue weighted by Gasteiger charge is -2.17. The van der Waals surface area contributed by atoms with Gasteiger partial charge in [-0.15, -0.1) is 0 Å². The Bertz CT molecular complexity index is 639. The first-order chi connectivity index (χ1) is 10.5. The molecule has 22 heavy (non-hydrogen) atoms. The second-order valence-electron chi connectivity index (χ2n) is 4.62. The van der Waals surface area contributed by atoms with E-state index in [0.29, 0.717) is 32.9 Å². The summed E-state index contributed by atoms with van der Waals surface area (Å²) in [7, 11) is 0. The third kappa shape index (κ3) is 4.80. The van der Waals surface area contributed by atoms with Crippen LogP contribution in [0.1, 0.15) is 13.3 Å². The highest BCUT2D eigenvalue weighted by Crippen LogP contribution is 2.23. The van der Waals surface area contributed by atoms with Crippen LogP contribution in [0.2, 0.25) is 15.1 Å². The van der Waals surface area contributed by atoms with Gasteiger partial charge in [-0.25, -0.2) is 0 Å². The van der Waals surface area contributed by atoms with Gasteiger partial charge in [-0.05, 0) is 48.9 Å². The number of halogens is 3. The van der Waals surface area contributed by atoms with Crippen molar-refractivity contribution in [2.45, 2.75) is 19.4 Å². The summed E-state index contributed by atoms with van der Waals surface area (Å²) in [5.74, 6) is 0.311. The van der Waals surface area contributed by atoms with Gasteiger partial charge in [0.05, 0.1) is 0 Å². The van der Waals surface area contributed by atoms with E-state index in [9.17, 15) is 4.79 Å². The van der Waals surface area contributed by atoms with Crippen molar-refractivity contribution < 1.29 is 9.53 Å². The summed E-state index contributed by atoms with van der Waals surface area (Å²) >= 11 is 17.6. The molecule has 0 spiro atoms. The quantitative estimate of drug-likeness (QED) is 0.772. The second kappa shape index (κ2) is 7.73. The molecule has 0 saturated carbocycles. The monoisotopic (exact) mass is 357 g/mol. The molecule has 0 saturated heterocycles. The highest BCUT2D eigenvalue weighted by molar-refractivity contribution is 6.35. The van der Waals surface area contributed by atoms with Gasteiger partial charge >= 0.3 is 0 Å². The summed E-state index contributed by atoms with van der Waals surface area (Å²) in [6.45, 7) is 1.87. The third-order valence-corrected chi connectivity index (χ3v) is 3.57. The third-order valence-electron chi connectivity index (χ3n) is 2.89. The molecule has 1 atom stereocenters. The lowest BCUT2D eigenvalue weighted by molar-refractivity contribution is -0.122. The van der Waals surface area contributed by atoms with Crippen LogP contribution < -0.4 is 10.1 Å². The van der Waals surface area contributed by atoms with E-state index >= 15 is 0 Å². The van der Waals surface area contributed by atoms with Gasteiger partial charge in [0.2, 0.25) is 0 Å². The zero-order valence-electron chi connectivity index (χ0n) is 11.8. The molecular weight excluding hydrogens is 345 g/mol. The van der Waals surface area contributed by atoms with Gasteiger partial charge in [-0.3, -0.25) is 4.79 Å². The van der Waals surface area contributed by atoms with Crippen LogP contribution in [0.5, 0.6) is 5.75 Å². The fourth-order valence-electron chi connectivity index (χ4n) is 1.85. The molecule has 0 aromatic heterocycles. The average Bonchev–Trinajstić information content (AvgIpc) is 2.45. The lowest BCUT2D eigenvalue weighted by atomic mass is 10.2.